The first-order valence-corrected chi connectivity index (χ1v) is 6.12. The molecule has 0 saturated carbocycles. The number of benzene rings is 1. The highest BCUT2D eigenvalue weighted by Crippen LogP contribution is 2.17. The maximum atomic E-state index is 10.9. The zero-order chi connectivity index (χ0) is 14.4. The highest BCUT2D eigenvalue weighted by molar-refractivity contribution is 5.39. The molecule has 0 aliphatic rings. The largest absolute Gasteiger partial charge is 0.481 e. The number of aromatic nitrogens is 1. The fourth-order valence-corrected chi connectivity index (χ4v) is 1.82. The van der Waals surface area contributed by atoms with Crippen LogP contribution in [0.4, 0.5) is 5.69 Å². The van der Waals surface area contributed by atoms with E-state index >= 15 is 0 Å². The average molecular weight is 273 g/mol. The number of hydrogen-bond acceptors (Lipinski definition) is 5. The number of nitro benzene ring substituents is 1. The van der Waals surface area contributed by atoms with Crippen molar-refractivity contribution in [3.63, 3.8) is 0 Å². The van der Waals surface area contributed by atoms with Gasteiger partial charge in [-0.3, -0.25) is 10.1 Å². The van der Waals surface area contributed by atoms with Crippen molar-refractivity contribution in [3.05, 3.63) is 63.8 Å². The van der Waals surface area contributed by atoms with Crippen LogP contribution in [0.5, 0.6) is 5.88 Å². The molecule has 0 aliphatic heterocycles. The van der Waals surface area contributed by atoms with Crippen LogP contribution < -0.4 is 10.1 Å². The molecule has 1 aromatic heterocycles. The number of para-hydroxylation sites is 1. The molecule has 0 unspecified atom stereocenters. The molecule has 0 radical (unpaired) electrons. The van der Waals surface area contributed by atoms with Crippen molar-refractivity contribution in [1.29, 1.82) is 0 Å². The molecule has 104 valence electrons. The molecule has 0 atom stereocenters. The first kappa shape index (κ1) is 14.0. The topological polar surface area (TPSA) is 77.3 Å². The maximum Gasteiger partial charge on any atom is 0.273 e. The summed E-state index contributed by atoms with van der Waals surface area (Å²) < 4.78 is 4.98. The second kappa shape index (κ2) is 6.63. The van der Waals surface area contributed by atoms with Gasteiger partial charge >= 0.3 is 0 Å². The molecule has 2 aromatic rings. The zero-order valence-electron chi connectivity index (χ0n) is 11.1. The summed E-state index contributed by atoms with van der Waals surface area (Å²) in [4.78, 5) is 14.6. The minimum atomic E-state index is -0.369. The van der Waals surface area contributed by atoms with Crippen LogP contribution in [0.1, 0.15) is 11.1 Å². The molecule has 1 N–H and O–H groups in total. The van der Waals surface area contributed by atoms with Crippen LogP contribution in [0.25, 0.3) is 0 Å². The predicted molar refractivity (Wildman–Crippen MR) is 74.4 cm³/mol. The van der Waals surface area contributed by atoms with Crippen molar-refractivity contribution in [2.24, 2.45) is 0 Å². The Morgan fingerprint density at radius 1 is 1.25 bits per heavy atom. The summed E-state index contributed by atoms with van der Waals surface area (Å²) in [6.07, 6.45) is 1.71. The van der Waals surface area contributed by atoms with Gasteiger partial charge in [-0.25, -0.2) is 4.98 Å². The summed E-state index contributed by atoms with van der Waals surface area (Å²) in [5.41, 5.74) is 1.79. The SMILES string of the molecule is COc1ccc(CNCc2ccccc2[N+](=O)[O-])cn1. The Morgan fingerprint density at radius 3 is 2.70 bits per heavy atom. The van der Waals surface area contributed by atoms with Gasteiger partial charge in [-0.1, -0.05) is 24.3 Å². The summed E-state index contributed by atoms with van der Waals surface area (Å²) in [5.74, 6) is 0.562. The lowest BCUT2D eigenvalue weighted by atomic mass is 10.2. The lowest BCUT2D eigenvalue weighted by Crippen LogP contribution is -2.14. The standard InChI is InChI=1S/C14H15N3O3/c1-20-14-7-6-11(9-16-14)8-15-10-12-4-2-3-5-13(12)17(18)19/h2-7,9,15H,8,10H2,1H3. The van der Waals surface area contributed by atoms with Crippen molar-refractivity contribution in [3.8, 4) is 5.88 Å². The molecule has 1 aromatic carbocycles. The Labute approximate surface area is 116 Å². The molecule has 0 fully saturated rings. The molecular formula is C14H15N3O3. The third kappa shape index (κ3) is 3.52. The van der Waals surface area contributed by atoms with Crippen LogP contribution in [0, 0.1) is 10.1 Å². The van der Waals surface area contributed by atoms with Gasteiger partial charge in [0.05, 0.1) is 12.0 Å². The number of hydrogen-bond donors (Lipinski definition) is 1. The Kier molecular flexibility index (Phi) is 4.62. The summed E-state index contributed by atoms with van der Waals surface area (Å²) in [5, 5.41) is 14.0. The first-order chi connectivity index (χ1) is 9.70. The van der Waals surface area contributed by atoms with Crippen LogP contribution in [0.15, 0.2) is 42.6 Å². The number of nitro groups is 1. The molecule has 0 aliphatic carbocycles. The summed E-state index contributed by atoms with van der Waals surface area (Å²) in [6.45, 7) is 1.02. The number of methoxy groups -OCH3 is 1. The van der Waals surface area contributed by atoms with E-state index in [0.29, 0.717) is 24.5 Å². The monoisotopic (exact) mass is 273 g/mol. The Balaban J connectivity index is 1.94. The lowest BCUT2D eigenvalue weighted by Gasteiger charge is -2.06. The summed E-state index contributed by atoms with van der Waals surface area (Å²) >= 11 is 0. The van der Waals surface area contributed by atoms with Gasteiger partial charge in [0.25, 0.3) is 5.69 Å². The summed E-state index contributed by atoms with van der Waals surface area (Å²) in [7, 11) is 1.56. The van der Waals surface area contributed by atoms with Crippen molar-refractivity contribution in [2.75, 3.05) is 7.11 Å². The second-order valence-corrected chi connectivity index (χ2v) is 4.20. The van der Waals surface area contributed by atoms with Crippen molar-refractivity contribution >= 4 is 5.69 Å². The third-order valence-corrected chi connectivity index (χ3v) is 2.84. The zero-order valence-corrected chi connectivity index (χ0v) is 11.1. The minimum Gasteiger partial charge on any atom is -0.481 e. The van der Waals surface area contributed by atoms with E-state index in [1.54, 1.807) is 37.6 Å². The van der Waals surface area contributed by atoms with E-state index in [9.17, 15) is 10.1 Å². The fourth-order valence-electron chi connectivity index (χ4n) is 1.82. The average Bonchev–Trinajstić information content (AvgIpc) is 2.48. The van der Waals surface area contributed by atoms with E-state index in [-0.39, 0.29) is 10.6 Å². The second-order valence-electron chi connectivity index (χ2n) is 4.20. The molecule has 6 heteroatoms. The molecule has 6 nitrogen and oxygen atoms in total. The number of pyridine rings is 1. The number of ether oxygens (including phenoxy) is 1. The van der Waals surface area contributed by atoms with Gasteiger partial charge in [0.2, 0.25) is 5.88 Å². The molecule has 0 spiro atoms. The molecule has 0 saturated heterocycles. The molecule has 2 rings (SSSR count). The molecule has 1 heterocycles. The van der Waals surface area contributed by atoms with E-state index in [1.165, 1.54) is 6.07 Å². The van der Waals surface area contributed by atoms with Crippen LogP contribution in [0.3, 0.4) is 0 Å². The highest BCUT2D eigenvalue weighted by atomic mass is 16.6. The fraction of sp³-hybridized carbons (Fsp3) is 0.214. The van der Waals surface area contributed by atoms with Gasteiger partial charge in [0, 0.05) is 37.0 Å². The van der Waals surface area contributed by atoms with Gasteiger partial charge in [-0.2, -0.15) is 0 Å². The van der Waals surface area contributed by atoms with E-state index < -0.39 is 0 Å². The highest BCUT2D eigenvalue weighted by Gasteiger charge is 2.11. The van der Waals surface area contributed by atoms with Crippen LogP contribution in [0.2, 0.25) is 0 Å². The minimum absolute atomic E-state index is 0.132. The Hall–Kier alpha value is -2.47. The van der Waals surface area contributed by atoms with E-state index in [4.69, 9.17) is 4.74 Å². The predicted octanol–water partition coefficient (Wildman–Crippen LogP) is 2.29. The van der Waals surface area contributed by atoms with Crippen LogP contribution in [-0.4, -0.2) is 17.0 Å². The van der Waals surface area contributed by atoms with Crippen LogP contribution in [-0.2, 0) is 13.1 Å². The van der Waals surface area contributed by atoms with Gasteiger partial charge in [-0.05, 0) is 5.56 Å². The van der Waals surface area contributed by atoms with Gasteiger partial charge < -0.3 is 10.1 Å². The van der Waals surface area contributed by atoms with E-state index in [0.717, 1.165) is 5.56 Å². The molecular weight excluding hydrogens is 258 g/mol. The van der Waals surface area contributed by atoms with E-state index in [2.05, 4.69) is 10.3 Å². The number of rotatable bonds is 6. The van der Waals surface area contributed by atoms with Crippen molar-refractivity contribution in [1.82, 2.24) is 10.3 Å². The summed E-state index contributed by atoms with van der Waals surface area (Å²) in [6, 6.07) is 10.4. The first-order valence-electron chi connectivity index (χ1n) is 6.12. The van der Waals surface area contributed by atoms with Gasteiger partial charge in [0.15, 0.2) is 0 Å². The Morgan fingerprint density at radius 2 is 2.05 bits per heavy atom. The maximum absolute atomic E-state index is 10.9. The number of nitrogens with one attached hydrogen (secondary N) is 1. The molecule has 0 bridgehead atoms. The smallest absolute Gasteiger partial charge is 0.273 e. The molecule has 0 amide bonds. The van der Waals surface area contributed by atoms with E-state index in [1.807, 2.05) is 6.07 Å². The Bertz CT molecular complexity index is 584. The molecule has 20 heavy (non-hydrogen) atoms. The third-order valence-electron chi connectivity index (χ3n) is 2.84. The normalized spacial score (nSPS) is 10.2. The van der Waals surface area contributed by atoms with Crippen LogP contribution >= 0.6 is 0 Å². The van der Waals surface area contributed by atoms with Gasteiger partial charge in [0.1, 0.15) is 0 Å². The van der Waals surface area contributed by atoms with Crippen molar-refractivity contribution in [2.45, 2.75) is 13.1 Å². The van der Waals surface area contributed by atoms with Gasteiger partial charge in [-0.15, -0.1) is 0 Å². The van der Waals surface area contributed by atoms with Crippen molar-refractivity contribution < 1.29 is 9.66 Å². The quantitative estimate of drug-likeness (QED) is 0.645. The lowest BCUT2D eigenvalue weighted by molar-refractivity contribution is -0.385. The number of nitrogens with zero attached hydrogens (tertiary/aromatic N) is 2.